The van der Waals surface area contributed by atoms with Crippen LogP contribution in [0.15, 0.2) is 6.07 Å². The van der Waals surface area contributed by atoms with Gasteiger partial charge in [-0.05, 0) is 18.4 Å². The molecule has 12 heavy (non-hydrogen) atoms. The van der Waals surface area contributed by atoms with Gasteiger partial charge in [0, 0.05) is 0 Å². The van der Waals surface area contributed by atoms with Crippen LogP contribution in [0.5, 0.6) is 0 Å². The molecule has 0 bridgehead atoms. The normalized spacial score (nSPS) is 10.7. The van der Waals surface area contributed by atoms with Gasteiger partial charge in [0.25, 0.3) is 0 Å². The molecule has 1 aromatic rings. The minimum atomic E-state index is 0.280. The van der Waals surface area contributed by atoms with Gasteiger partial charge in [-0.3, -0.25) is 0 Å². The van der Waals surface area contributed by atoms with Gasteiger partial charge in [0.2, 0.25) is 0 Å². The molecule has 66 valence electrons. The maximum atomic E-state index is 5.62. The maximum absolute atomic E-state index is 5.62. The van der Waals surface area contributed by atoms with Crippen molar-refractivity contribution in [2.45, 2.75) is 20.3 Å². The SMILES string of the molecule is CC(C)Cc1cc(N)c(Cl)nn1. The number of nitrogen functional groups attached to an aromatic ring is 1. The highest BCUT2D eigenvalue weighted by Crippen LogP contribution is 2.15. The second kappa shape index (κ2) is 3.72. The molecular weight excluding hydrogens is 174 g/mol. The van der Waals surface area contributed by atoms with E-state index in [1.807, 2.05) is 0 Å². The van der Waals surface area contributed by atoms with Crippen molar-refractivity contribution in [3.63, 3.8) is 0 Å². The van der Waals surface area contributed by atoms with Crippen LogP contribution in [-0.4, -0.2) is 10.2 Å². The second-order valence-electron chi connectivity index (χ2n) is 3.18. The summed E-state index contributed by atoms with van der Waals surface area (Å²) in [5.74, 6) is 0.555. The van der Waals surface area contributed by atoms with E-state index in [0.717, 1.165) is 12.1 Å². The lowest BCUT2D eigenvalue weighted by atomic mass is 10.1. The van der Waals surface area contributed by atoms with Gasteiger partial charge < -0.3 is 5.73 Å². The summed E-state index contributed by atoms with van der Waals surface area (Å²) < 4.78 is 0. The highest BCUT2D eigenvalue weighted by atomic mass is 35.5. The molecular formula is C8H12ClN3. The van der Waals surface area contributed by atoms with Crippen LogP contribution in [0.4, 0.5) is 5.69 Å². The summed E-state index contributed by atoms with van der Waals surface area (Å²) in [6, 6.07) is 1.77. The van der Waals surface area contributed by atoms with Crippen LogP contribution < -0.4 is 5.73 Å². The predicted molar refractivity (Wildman–Crippen MR) is 50.0 cm³/mol. The fourth-order valence-corrected chi connectivity index (χ4v) is 1.04. The minimum absolute atomic E-state index is 0.280. The summed E-state index contributed by atoms with van der Waals surface area (Å²) >= 11 is 5.62. The van der Waals surface area contributed by atoms with Crippen LogP contribution in [0.2, 0.25) is 5.15 Å². The zero-order chi connectivity index (χ0) is 9.14. The van der Waals surface area contributed by atoms with Crippen molar-refractivity contribution in [3.8, 4) is 0 Å². The van der Waals surface area contributed by atoms with Crippen LogP contribution in [0.3, 0.4) is 0 Å². The molecule has 0 unspecified atom stereocenters. The zero-order valence-corrected chi connectivity index (χ0v) is 7.97. The summed E-state index contributed by atoms with van der Waals surface area (Å²) in [6.07, 6.45) is 0.883. The number of aromatic nitrogens is 2. The van der Waals surface area contributed by atoms with Crippen LogP contribution in [0, 0.1) is 5.92 Å². The largest absolute Gasteiger partial charge is 0.396 e. The van der Waals surface area contributed by atoms with Gasteiger partial charge in [0.15, 0.2) is 5.15 Å². The Morgan fingerprint density at radius 2 is 2.17 bits per heavy atom. The molecule has 0 spiro atoms. The minimum Gasteiger partial charge on any atom is -0.396 e. The zero-order valence-electron chi connectivity index (χ0n) is 7.21. The summed E-state index contributed by atoms with van der Waals surface area (Å²) in [5.41, 5.74) is 6.96. The lowest BCUT2D eigenvalue weighted by Gasteiger charge is -2.03. The number of nitrogens with zero attached hydrogens (tertiary/aromatic N) is 2. The van der Waals surface area contributed by atoms with Crippen LogP contribution >= 0.6 is 11.6 Å². The van der Waals surface area contributed by atoms with Gasteiger partial charge in [-0.25, -0.2) is 0 Å². The van der Waals surface area contributed by atoms with Crippen molar-refractivity contribution in [2.75, 3.05) is 5.73 Å². The first kappa shape index (κ1) is 9.26. The Balaban J connectivity index is 2.82. The van der Waals surface area contributed by atoms with Crippen LogP contribution in [-0.2, 0) is 6.42 Å². The van der Waals surface area contributed by atoms with Crippen LogP contribution in [0.25, 0.3) is 0 Å². The van der Waals surface area contributed by atoms with E-state index in [0.29, 0.717) is 11.6 Å². The smallest absolute Gasteiger partial charge is 0.174 e. The fraction of sp³-hybridized carbons (Fsp3) is 0.500. The van der Waals surface area contributed by atoms with Crippen molar-refractivity contribution < 1.29 is 0 Å². The van der Waals surface area contributed by atoms with E-state index in [-0.39, 0.29) is 5.15 Å². The van der Waals surface area contributed by atoms with E-state index >= 15 is 0 Å². The molecule has 4 heteroatoms. The van der Waals surface area contributed by atoms with Gasteiger partial charge >= 0.3 is 0 Å². The number of rotatable bonds is 2. The van der Waals surface area contributed by atoms with Crippen molar-refractivity contribution in [3.05, 3.63) is 16.9 Å². The molecule has 0 aliphatic rings. The predicted octanol–water partition coefficient (Wildman–Crippen LogP) is 1.91. The Kier molecular flexibility index (Phi) is 2.87. The summed E-state index contributed by atoms with van der Waals surface area (Å²) in [6.45, 7) is 4.24. The summed E-state index contributed by atoms with van der Waals surface area (Å²) in [7, 11) is 0. The monoisotopic (exact) mass is 185 g/mol. The fourth-order valence-electron chi connectivity index (χ4n) is 0.952. The van der Waals surface area contributed by atoms with Gasteiger partial charge in [-0.2, -0.15) is 5.10 Å². The van der Waals surface area contributed by atoms with Crippen molar-refractivity contribution in [2.24, 2.45) is 5.92 Å². The molecule has 0 aliphatic heterocycles. The van der Waals surface area contributed by atoms with E-state index in [9.17, 15) is 0 Å². The lowest BCUT2D eigenvalue weighted by molar-refractivity contribution is 0.628. The number of hydrogen-bond acceptors (Lipinski definition) is 3. The summed E-state index contributed by atoms with van der Waals surface area (Å²) in [5, 5.41) is 7.92. The molecule has 0 amide bonds. The van der Waals surface area contributed by atoms with Gasteiger partial charge in [0.1, 0.15) is 0 Å². The molecule has 0 radical (unpaired) electrons. The standard InChI is InChI=1S/C8H12ClN3/c1-5(2)3-6-4-7(10)8(9)12-11-6/h4-5H,3H2,1-2H3,(H2,10,11). The van der Waals surface area contributed by atoms with Crippen molar-refractivity contribution >= 4 is 17.3 Å². The topological polar surface area (TPSA) is 51.8 Å². The Bertz CT molecular complexity index is 273. The molecule has 1 rings (SSSR count). The third-order valence-corrected chi connectivity index (χ3v) is 1.74. The van der Waals surface area contributed by atoms with E-state index < -0.39 is 0 Å². The molecule has 3 nitrogen and oxygen atoms in total. The summed E-state index contributed by atoms with van der Waals surface area (Å²) in [4.78, 5) is 0. The first-order chi connectivity index (χ1) is 5.59. The molecule has 0 aromatic carbocycles. The molecule has 0 saturated heterocycles. The first-order valence-electron chi connectivity index (χ1n) is 3.87. The Labute approximate surface area is 76.9 Å². The molecule has 0 fully saturated rings. The highest BCUT2D eigenvalue weighted by Gasteiger charge is 2.03. The third kappa shape index (κ3) is 2.34. The maximum Gasteiger partial charge on any atom is 0.174 e. The van der Waals surface area contributed by atoms with Gasteiger partial charge in [-0.1, -0.05) is 25.4 Å². The lowest BCUT2D eigenvalue weighted by Crippen LogP contribution is -2.01. The number of anilines is 1. The third-order valence-electron chi connectivity index (χ3n) is 1.44. The molecule has 2 N–H and O–H groups in total. The Morgan fingerprint density at radius 3 is 2.67 bits per heavy atom. The first-order valence-corrected chi connectivity index (χ1v) is 4.25. The molecule has 0 atom stereocenters. The molecule has 1 aromatic heterocycles. The van der Waals surface area contributed by atoms with E-state index in [4.69, 9.17) is 17.3 Å². The Morgan fingerprint density at radius 1 is 1.50 bits per heavy atom. The van der Waals surface area contributed by atoms with E-state index in [1.165, 1.54) is 0 Å². The molecule has 1 heterocycles. The number of halogens is 1. The van der Waals surface area contributed by atoms with Crippen LogP contribution in [0.1, 0.15) is 19.5 Å². The molecule has 0 aliphatic carbocycles. The molecule has 0 saturated carbocycles. The average Bonchev–Trinajstić information content (AvgIpc) is 1.96. The second-order valence-corrected chi connectivity index (χ2v) is 3.54. The number of hydrogen-bond donors (Lipinski definition) is 1. The Hall–Kier alpha value is -0.830. The van der Waals surface area contributed by atoms with Crippen molar-refractivity contribution in [1.29, 1.82) is 0 Å². The van der Waals surface area contributed by atoms with Gasteiger partial charge in [0.05, 0.1) is 11.4 Å². The quantitative estimate of drug-likeness (QED) is 0.766. The van der Waals surface area contributed by atoms with E-state index in [1.54, 1.807) is 6.07 Å². The average molecular weight is 186 g/mol. The van der Waals surface area contributed by atoms with E-state index in [2.05, 4.69) is 24.0 Å². The number of nitrogens with two attached hydrogens (primary N) is 1. The van der Waals surface area contributed by atoms with Crippen molar-refractivity contribution in [1.82, 2.24) is 10.2 Å². The highest BCUT2D eigenvalue weighted by molar-refractivity contribution is 6.31. The van der Waals surface area contributed by atoms with Gasteiger partial charge in [-0.15, -0.1) is 5.10 Å².